The molecule has 1 aliphatic rings. The minimum atomic E-state index is -0.198. The molecular formula is C49H38N2. The molecule has 9 rings (SSSR count). The van der Waals surface area contributed by atoms with Crippen molar-refractivity contribution in [1.82, 2.24) is 4.57 Å². The first-order chi connectivity index (χ1) is 25.1. The van der Waals surface area contributed by atoms with Gasteiger partial charge in [0.05, 0.1) is 16.6 Å². The number of para-hydroxylation sites is 2. The molecule has 0 spiro atoms. The van der Waals surface area contributed by atoms with Crippen LogP contribution in [0.1, 0.15) is 13.3 Å². The van der Waals surface area contributed by atoms with Gasteiger partial charge in [-0.3, -0.25) is 0 Å². The van der Waals surface area contributed by atoms with Gasteiger partial charge in [0.2, 0.25) is 0 Å². The Kier molecular flexibility index (Phi) is 7.71. The molecule has 0 aliphatic heterocycles. The van der Waals surface area contributed by atoms with Gasteiger partial charge in [-0.25, -0.2) is 0 Å². The van der Waals surface area contributed by atoms with E-state index in [4.69, 9.17) is 0 Å². The molecule has 51 heavy (non-hydrogen) atoms. The average Bonchev–Trinajstić information content (AvgIpc) is 3.52. The Balaban J connectivity index is 1.13. The van der Waals surface area contributed by atoms with E-state index in [0.717, 1.165) is 12.1 Å². The predicted molar refractivity (Wildman–Crippen MR) is 217 cm³/mol. The minimum absolute atomic E-state index is 0.198. The zero-order valence-corrected chi connectivity index (χ0v) is 28.7. The second-order valence-corrected chi connectivity index (χ2v) is 13.6. The lowest BCUT2D eigenvalue weighted by Gasteiger charge is -2.41. The van der Waals surface area contributed by atoms with Gasteiger partial charge in [0.1, 0.15) is 0 Å². The molecule has 0 radical (unpaired) electrons. The van der Waals surface area contributed by atoms with Crippen molar-refractivity contribution >= 4 is 33.2 Å². The molecule has 8 aromatic rings. The fraction of sp³-hybridized carbons (Fsp3) is 0.0612. The third-order valence-corrected chi connectivity index (χ3v) is 10.3. The van der Waals surface area contributed by atoms with Crippen LogP contribution in [-0.4, -0.2) is 10.1 Å². The van der Waals surface area contributed by atoms with Gasteiger partial charge < -0.3 is 9.47 Å². The fourth-order valence-electron chi connectivity index (χ4n) is 7.72. The van der Waals surface area contributed by atoms with Crippen LogP contribution in [0.5, 0.6) is 0 Å². The summed E-state index contributed by atoms with van der Waals surface area (Å²) in [4.78, 5) is 2.49. The van der Waals surface area contributed by atoms with Crippen LogP contribution >= 0.6 is 0 Å². The number of aromatic nitrogens is 1. The quantitative estimate of drug-likeness (QED) is 0.166. The summed E-state index contributed by atoms with van der Waals surface area (Å²) in [6, 6.07) is 63.8. The summed E-state index contributed by atoms with van der Waals surface area (Å²) in [6.45, 7) is 2.33. The van der Waals surface area contributed by atoms with E-state index in [9.17, 15) is 0 Å². The second kappa shape index (κ2) is 12.8. The maximum Gasteiger partial charge on any atom is 0.0642 e. The van der Waals surface area contributed by atoms with E-state index < -0.39 is 0 Å². The van der Waals surface area contributed by atoms with Crippen LogP contribution in [0, 0.1) is 0 Å². The Bertz CT molecular complexity index is 2530. The monoisotopic (exact) mass is 654 g/mol. The van der Waals surface area contributed by atoms with Crippen LogP contribution in [0.3, 0.4) is 0 Å². The van der Waals surface area contributed by atoms with Gasteiger partial charge in [-0.05, 0) is 95.3 Å². The van der Waals surface area contributed by atoms with Crippen molar-refractivity contribution in [3.63, 3.8) is 0 Å². The van der Waals surface area contributed by atoms with Crippen molar-refractivity contribution in [3.05, 3.63) is 200 Å². The first kappa shape index (κ1) is 30.7. The summed E-state index contributed by atoms with van der Waals surface area (Å²) < 4.78 is 2.42. The topological polar surface area (TPSA) is 8.17 Å². The molecule has 7 aromatic carbocycles. The summed E-state index contributed by atoms with van der Waals surface area (Å²) in [7, 11) is 0. The molecule has 0 saturated heterocycles. The van der Waals surface area contributed by atoms with Crippen LogP contribution in [0.15, 0.2) is 200 Å². The lowest BCUT2D eigenvalue weighted by Crippen LogP contribution is -2.42. The number of hydrogen-bond donors (Lipinski definition) is 0. The normalized spacial score (nSPS) is 15.4. The Hall–Kier alpha value is -6.38. The van der Waals surface area contributed by atoms with Gasteiger partial charge in [-0.1, -0.05) is 152 Å². The molecule has 2 nitrogen and oxygen atoms in total. The number of allylic oxidation sites excluding steroid dienone is 2. The third-order valence-electron chi connectivity index (χ3n) is 10.3. The molecular weight excluding hydrogens is 617 g/mol. The molecule has 244 valence electrons. The van der Waals surface area contributed by atoms with E-state index >= 15 is 0 Å². The van der Waals surface area contributed by atoms with Crippen LogP contribution in [0.2, 0.25) is 0 Å². The van der Waals surface area contributed by atoms with Crippen molar-refractivity contribution in [2.24, 2.45) is 0 Å². The fourth-order valence-corrected chi connectivity index (χ4v) is 7.72. The standard InChI is InChI=1S/C49H38N2/c1-49(32-12-5-13-33-49)51(43-18-10-4-11-19-43)44-29-30-45-46-34-41(28-31-47(46)50(48(45)35-44)42-16-8-3-9-17-42)40-26-24-39(25-27-40)38-22-20-37(21-23-38)36-14-6-2-7-15-36/h2-32,34-35H,33H2,1H3. The third kappa shape index (κ3) is 5.65. The maximum atomic E-state index is 2.49. The SMILES string of the molecule is CC1(N(c2ccccc2)c2ccc3c4cc(-c5ccc(-c6ccc(-c7ccccc7)cc6)cc5)ccc4n(-c4ccccc4)c3c2)C=CC=CC1. The van der Waals surface area contributed by atoms with Crippen LogP contribution in [-0.2, 0) is 0 Å². The number of rotatable bonds is 7. The van der Waals surface area contributed by atoms with E-state index in [1.807, 2.05) is 0 Å². The first-order valence-corrected chi connectivity index (χ1v) is 17.7. The van der Waals surface area contributed by atoms with Crippen molar-refractivity contribution in [1.29, 1.82) is 0 Å². The lowest BCUT2D eigenvalue weighted by molar-refractivity contribution is 0.570. The number of anilines is 2. The van der Waals surface area contributed by atoms with Crippen LogP contribution in [0.4, 0.5) is 11.4 Å². The minimum Gasteiger partial charge on any atom is -0.332 e. The number of benzene rings is 7. The Morgan fingerprint density at radius 2 is 1.00 bits per heavy atom. The van der Waals surface area contributed by atoms with Gasteiger partial charge in [0, 0.05) is 27.8 Å². The van der Waals surface area contributed by atoms with Gasteiger partial charge in [0.25, 0.3) is 0 Å². The van der Waals surface area contributed by atoms with E-state index in [0.29, 0.717) is 0 Å². The summed E-state index contributed by atoms with van der Waals surface area (Å²) in [5.41, 5.74) is 13.0. The molecule has 1 aromatic heterocycles. The number of fused-ring (bicyclic) bond motifs is 3. The molecule has 2 heteroatoms. The summed E-state index contributed by atoms with van der Waals surface area (Å²) >= 11 is 0. The summed E-state index contributed by atoms with van der Waals surface area (Å²) in [6.07, 6.45) is 9.85. The highest BCUT2D eigenvalue weighted by molar-refractivity contribution is 6.11. The molecule has 1 aliphatic carbocycles. The van der Waals surface area contributed by atoms with Gasteiger partial charge in [-0.15, -0.1) is 0 Å². The van der Waals surface area contributed by atoms with Crippen LogP contribution in [0.25, 0.3) is 60.9 Å². The average molecular weight is 655 g/mol. The Labute approximate surface area is 299 Å². The summed E-state index contributed by atoms with van der Waals surface area (Å²) in [5.74, 6) is 0. The molecule has 0 amide bonds. The molecule has 0 fully saturated rings. The molecule has 1 atom stereocenters. The number of nitrogens with zero attached hydrogens (tertiary/aromatic N) is 2. The molecule has 1 heterocycles. The van der Waals surface area contributed by atoms with E-state index in [1.165, 1.54) is 66.6 Å². The van der Waals surface area contributed by atoms with Crippen molar-refractivity contribution in [3.8, 4) is 39.1 Å². The second-order valence-electron chi connectivity index (χ2n) is 13.6. The molecule has 0 N–H and O–H groups in total. The molecule has 0 saturated carbocycles. The Morgan fingerprint density at radius 3 is 1.61 bits per heavy atom. The highest BCUT2D eigenvalue weighted by Gasteiger charge is 2.31. The maximum absolute atomic E-state index is 2.49. The van der Waals surface area contributed by atoms with Crippen molar-refractivity contribution < 1.29 is 0 Å². The van der Waals surface area contributed by atoms with Crippen molar-refractivity contribution in [2.75, 3.05) is 4.90 Å². The van der Waals surface area contributed by atoms with E-state index in [-0.39, 0.29) is 5.54 Å². The zero-order valence-electron chi connectivity index (χ0n) is 28.7. The van der Waals surface area contributed by atoms with Gasteiger partial charge >= 0.3 is 0 Å². The predicted octanol–water partition coefficient (Wildman–Crippen LogP) is 13.2. The number of hydrogen-bond acceptors (Lipinski definition) is 1. The smallest absolute Gasteiger partial charge is 0.0642 e. The lowest BCUT2D eigenvalue weighted by atomic mass is 9.90. The molecule has 1 unspecified atom stereocenters. The van der Waals surface area contributed by atoms with E-state index in [1.54, 1.807) is 0 Å². The largest absolute Gasteiger partial charge is 0.332 e. The van der Waals surface area contributed by atoms with E-state index in [2.05, 4.69) is 217 Å². The highest BCUT2D eigenvalue weighted by Crippen LogP contribution is 2.42. The zero-order chi connectivity index (χ0) is 34.2. The molecule has 0 bridgehead atoms. The highest BCUT2D eigenvalue weighted by atomic mass is 15.2. The first-order valence-electron chi connectivity index (χ1n) is 17.7. The Morgan fingerprint density at radius 1 is 0.451 bits per heavy atom. The van der Waals surface area contributed by atoms with Gasteiger partial charge in [-0.2, -0.15) is 0 Å². The van der Waals surface area contributed by atoms with Crippen molar-refractivity contribution in [2.45, 2.75) is 18.9 Å². The van der Waals surface area contributed by atoms with Gasteiger partial charge in [0.15, 0.2) is 0 Å². The van der Waals surface area contributed by atoms with Crippen LogP contribution < -0.4 is 4.90 Å². The summed E-state index contributed by atoms with van der Waals surface area (Å²) in [5, 5.41) is 2.49.